The third-order valence-electron chi connectivity index (χ3n) is 5.55. The largest absolute Gasteiger partial charge is 0.337 e. The number of thiazole rings is 1. The van der Waals surface area contributed by atoms with Crippen LogP contribution in [0.4, 0.5) is 8.78 Å². The lowest BCUT2D eigenvalue weighted by Crippen LogP contribution is -2.87. The molecule has 1 aliphatic heterocycles. The maximum atomic E-state index is 13.4. The second-order valence-corrected chi connectivity index (χ2v) is 8.66. The zero-order chi connectivity index (χ0) is 20.4. The fraction of sp³-hybridized carbons (Fsp3) is 0.364. The molecule has 2 aromatic carbocycles. The minimum absolute atomic E-state index is 0.0743. The van der Waals surface area contributed by atoms with Crippen LogP contribution in [0.5, 0.6) is 0 Å². The van der Waals surface area contributed by atoms with Crippen LogP contribution in [0.3, 0.4) is 0 Å². The highest BCUT2D eigenvalue weighted by Crippen LogP contribution is 2.32. The van der Waals surface area contributed by atoms with Crippen LogP contribution in [0.15, 0.2) is 42.5 Å². The molecular weight excluding hydrogens is 392 g/mol. The Morgan fingerprint density at radius 2 is 2.10 bits per heavy atom. The first kappa shape index (κ1) is 19.9. The van der Waals surface area contributed by atoms with Crippen molar-refractivity contribution in [2.45, 2.75) is 31.7 Å². The van der Waals surface area contributed by atoms with Gasteiger partial charge in [0, 0.05) is 24.6 Å². The van der Waals surface area contributed by atoms with Crippen LogP contribution >= 0.6 is 11.3 Å². The lowest BCUT2D eigenvalue weighted by atomic mass is 9.98. The van der Waals surface area contributed by atoms with Crippen molar-refractivity contribution in [2.75, 3.05) is 19.6 Å². The summed E-state index contributed by atoms with van der Waals surface area (Å²) >= 11 is 1.71. The number of amides is 1. The quantitative estimate of drug-likeness (QED) is 0.691. The summed E-state index contributed by atoms with van der Waals surface area (Å²) in [6.45, 7) is 3.62. The van der Waals surface area contributed by atoms with Crippen LogP contribution in [-0.2, 0) is 4.79 Å². The molecule has 4 nitrogen and oxygen atoms in total. The first-order chi connectivity index (χ1) is 14.0. The van der Waals surface area contributed by atoms with E-state index in [1.54, 1.807) is 17.4 Å². The maximum Gasteiger partial charge on any atom is 0.277 e. The Morgan fingerprint density at radius 3 is 2.90 bits per heavy atom. The van der Waals surface area contributed by atoms with Gasteiger partial charge in [-0.15, -0.1) is 11.3 Å². The summed E-state index contributed by atoms with van der Waals surface area (Å²) in [7, 11) is 0. The lowest BCUT2D eigenvalue weighted by Gasteiger charge is -2.31. The second-order valence-electron chi connectivity index (χ2n) is 7.60. The molecule has 2 heterocycles. The number of fused-ring (bicyclic) bond motifs is 1. The highest BCUT2D eigenvalue weighted by atomic mass is 32.1. The minimum atomic E-state index is -0.858. The van der Waals surface area contributed by atoms with Gasteiger partial charge in [0.25, 0.3) is 5.91 Å². The van der Waals surface area contributed by atoms with Gasteiger partial charge in [-0.3, -0.25) is 4.79 Å². The molecule has 29 heavy (non-hydrogen) atoms. The molecule has 0 spiro atoms. The van der Waals surface area contributed by atoms with Crippen molar-refractivity contribution in [2.24, 2.45) is 0 Å². The molecule has 2 atom stereocenters. The molecule has 1 amide bonds. The third kappa shape index (κ3) is 4.46. The van der Waals surface area contributed by atoms with Gasteiger partial charge in [-0.1, -0.05) is 12.1 Å². The van der Waals surface area contributed by atoms with E-state index in [-0.39, 0.29) is 24.4 Å². The molecule has 7 heteroatoms. The summed E-state index contributed by atoms with van der Waals surface area (Å²) in [5, 5.41) is 2.97. The number of hydrogen-bond acceptors (Lipinski definition) is 3. The average molecular weight is 417 g/mol. The number of quaternary nitrogens is 1. The summed E-state index contributed by atoms with van der Waals surface area (Å²) in [5.74, 6) is -1.37. The van der Waals surface area contributed by atoms with Gasteiger partial charge in [0.1, 0.15) is 6.04 Å². The number of para-hydroxylation sites is 1. The molecule has 0 saturated carbocycles. The number of rotatable bonds is 5. The first-order valence-electron chi connectivity index (χ1n) is 9.93. The number of nitrogens with two attached hydrogens (primary N) is 1. The van der Waals surface area contributed by atoms with Crippen LogP contribution in [0.2, 0.25) is 0 Å². The summed E-state index contributed by atoms with van der Waals surface area (Å²) in [6, 6.07) is 11.9. The monoisotopic (exact) mass is 416 g/mol. The molecule has 0 bridgehead atoms. The zero-order valence-corrected chi connectivity index (χ0v) is 17.1. The van der Waals surface area contributed by atoms with E-state index >= 15 is 0 Å². The van der Waals surface area contributed by atoms with Crippen molar-refractivity contribution in [1.29, 1.82) is 0 Å². The summed E-state index contributed by atoms with van der Waals surface area (Å²) in [4.78, 5) is 19.4. The van der Waals surface area contributed by atoms with Crippen LogP contribution in [0.25, 0.3) is 10.2 Å². The Bertz CT molecular complexity index is 989. The Kier molecular flexibility index (Phi) is 5.87. The lowest BCUT2D eigenvalue weighted by molar-refractivity contribution is -0.683. The van der Waals surface area contributed by atoms with E-state index in [1.807, 2.05) is 35.3 Å². The van der Waals surface area contributed by atoms with Crippen molar-refractivity contribution >= 4 is 27.5 Å². The van der Waals surface area contributed by atoms with E-state index in [0.29, 0.717) is 12.1 Å². The van der Waals surface area contributed by atoms with E-state index in [9.17, 15) is 13.6 Å². The summed E-state index contributed by atoms with van der Waals surface area (Å²) < 4.78 is 27.7. The fourth-order valence-corrected chi connectivity index (χ4v) is 4.90. The van der Waals surface area contributed by atoms with E-state index in [1.165, 1.54) is 10.8 Å². The SMILES string of the molecule is C[C@@H]([NH2+]CC(=O)N1CCC[C@@H](c2nc3ccccc3s2)C1)c1ccc(F)c(F)c1. The van der Waals surface area contributed by atoms with Crippen molar-refractivity contribution in [3.8, 4) is 0 Å². The number of piperidine rings is 1. The molecule has 1 aliphatic rings. The molecule has 152 valence electrons. The van der Waals surface area contributed by atoms with Gasteiger partial charge >= 0.3 is 0 Å². The molecule has 3 aromatic rings. The molecule has 4 rings (SSSR count). The highest BCUT2D eigenvalue weighted by molar-refractivity contribution is 7.18. The predicted octanol–water partition coefficient (Wildman–Crippen LogP) is 3.61. The van der Waals surface area contributed by atoms with E-state index in [4.69, 9.17) is 4.98 Å². The molecular formula is C22H24F2N3OS+. The Balaban J connectivity index is 1.36. The van der Waals surface area contributed by atoms with Gasteiger partial charge in [-0.05, 0) is 50.1 Å². The molecule has 1 fully saturated rings. The van der Waals surface area contributed by atoms with Gasteiger partial charge in [-0.25, -0.2) is 13.8 Å². The second kappa shape index (κ2) is 8.55. The highest BCUT2D eigenvalue weighted by Gasteiger charge is 2.28. The standard InChI is InChI=1S/C22H23F2N3OS/c1-14(15-8-9-17(23)18(24)11-15)25-12-21(28)27-10-4-5-16(13-27)22-26-19-6-2-3-7-20(19)29-22/h2-3,6-9,11,14,16,25H,4-5,10,12-13H2,1H3/p+1/t14-,16-/m1/s1. The smallest absolute Gasteiger partial charge is 0.277 e. The number of carbonyl (C=O) groups excluding carboxylic acids is 1. The molecule has 1 aromatic heterocycles. The van der Waals surface area contributed by atoms with Crippen molar-refractivity contribution in [3.63, 3.8) is 0 Å². The number of carbonyl (C=O) groups is 1. The Morgan fingerprint density at radius 1 is 1.28 bits per heavy atom. The number of benzene rings is 2. The molecule has 2 N–H and O–H groups in total. The molecule has 0 radical (unpaired) electrons. The third-order valence-corrected chi connectivity index (χ3v) is 6.75. The van der Waals surface area contributed by atoms with Gasteiger partial charge in [0.2, 0.25) is 0 Å². The van der Waals surface area contributed by atoms with E-state index in [2.05, 4.69) is 6.07 Å². The van der Waals surface area contributed by atoms with Gasteiger partial charge in [0.15, 0.2) is 18.2 Å². The van der Waals surface area contributed by atoms with Crippen LogP contribution in [0, 0.1) is 11.6 Å². The Hall–Kier alpha value is -2.38. The topological polar surface area (TPSA) is 49.8 Å². The van der Waals surface area contributed by atoms with E-state index in [0.717, 1.165) is 36.0 Å². The average Bonchev–Trinajstić information content (AvgIpc) is 3.18. The minimum Gasteiger partial charge on any atom is -0.337 e. The molecule has 1 saturated heterocycles. The number of hydrogen-bond donors (Lipinski definition) is 1. The number of halogens is 2. The van der Waals surface area contributed by atoms with E-state index < -0.39 is 11.6 Å². The fourth-order valence-electron chi connectivity index (χ4n) is 3.81. The predicted molar refractivity (Wildman–Crippen MR) is 110 cm³/mol. The van der Waals surface area contributed by atoms with Crippen molar-refractivity contribution in [3.05, 3.63) is 64.7 Å². The molecule has 0 aliphatic carbocycles. The Labute approximate surface area is 172 Å². The summed E-state index contributed by atoms with van der Waals surface area (Å²) in [5.41, 5.74) is 1.69. The van der Waals surface area contributed by atoms with Crippen molar-refractivity contribution in [1.82, 2.24) is 9.88 Å². The molecule has 0 unspecified atom stereocenters. The first-order valence-corrected chi connectivity index (χ1v) is 10.7. The maximum absolute atomic E-state index is 13.4. The summed E-state index contributed by atoms with van der Waals surface area (Å²) in [6.07, 6.45) is 2.00. The number of nitrogens with zero attached hydrogens (tertiary/aromatic N) is 2. The van der Waals surface area contributed by atoms with Gasteiger partial charge in [0.05, 0.1) is 15.2 Å². The van der Waals surface area contributed by atoms with Gasteiger partial charge in [-0.2, -0.15) is 0 Å². The van der Waals surface area contributed by atoms with Gasteiger partial charge < -0.3 is 10.2 Å². The number of likely N-dealkylation sites (tertiary alicyclic amines) is 1. The number of aromatic nitrogens is 1. The van der Waals surface area contributed by atoms with Crippen LogP contribution in [0.1, 0.15) is 42.3 Å². The normalized spacial score (nSPS) is 18.2. The van der Waals surface area contributed by atoms with Crippen LogP contribution < -0.4 is 5.32 Å². The zero-order valence-electron chi connectivity index (χ0n) is 16.3. The van der Waals surface area contributed by atoms with Crippen LogP contribution in [-0.4, -0.2) is 35.4 Å². The van der Waals surface area contributed by atoms with Crippen molar-refractivity contribution < 1.29 is 18.9 Å².